The number of aliphatic hydroxyl groups excluding tert-OH is 1. The number of amides is 1. The fourth-order valence-electron chi connectivity index (χ4n) is 2.15. The maximum Gasteiger partial charge on any atom is 0.264 e. The Morgan fingerprint density at radius 1 is 1.12 bits per heavy atom. The van der Waals surface area contributed by atoms with Crippen LogP contribution in [-0.2, 0) is 14.8 Å². The van der Waals surface area contributed by atoms with E-state index < -0.39 is 10.0 Å². The number of carbonyl (C=O) groups excluding carboxylic acids is 1. The van der Waals surface area contributed by atoms with Gasteiger partial charge in [-0.15, -0.1) is 11.8 Å². The van der Waals surface area contributed by atoms with Crippen LogP contribution in [0.3, 0.4) is 0 Å². The van der Waals surface area contributed by atoms with E-state index >= 15 is 0 Å². The summed E-state index contributed by atoms with van der Waals surface area (Å²) in [6.07, 6.45) is 0.526. The lowest BCUT2D eigenvalue weighted by Crippen LogP contribution is -2.26. The largest absolute Gasteiger partial charge is 0.396 e. The minimum absolute atomic E-state index is 0.0424. The van der Waals surface area contributed by atoms with Gasteiger partial charge in [0, 0.05) is 25.1 Å². The molecular formula is C18H22N2O4S2. The number of sulfonamides is 1. The Hall–Kier alpha value is -2.03. The first kappa shape index (κ1) is 20.3. The number of benzene rings is 2. The lowest BCUT2D eigenvalue weighted by atomic mass is 10.3. The molecular weight excluding hydrogens is 372 g/mol. The maximum atomic E-state index is 12.7. The lowest BCUT2D eigenvalue weighted by Gasteiger charge is -2.19. The Morgan fingerprint density at radius 2 is 1.77 bits per heavy atom. The maximum absolute atomic E-state index is 12.7. The molecule has 1 amide bonds. The highest BCUT2D eigenvalue weighted by Crippen LogP contribution is 2.24. The van der Waals surface area contributed by atoms with Crippen LogP contribution in [-0.4, -0.2) is 45.4 Å². The van der Waals surface area contributed by atoms with Gasteiger partial charge in [-0.25, -0.2) is 8.42 Å². The SMILES string of the molecule is CN(c1ccccc1)S(=O)(=O)c1ccc(SCC(=O)NCCCO)cc1. The van der Waals surface area contributed by atoms with Crippen molar-refractivity contribution in [3.05, 3.63) is 54.6 Å². The molecule has 0 aliphatic rings. The van der Waals surface area contributed by atoms with Gasteiger partial charge in [0.05, 0.1) is 16.3 Å². The van der Waals surface area contributed by atoms with Gasteiger partial charge in [-0.3, -0.25) is 9.10 Å². The van der Waals surface area contributed by atoms with Gasteiger partial charge in [-0.2, -0.15) is 0 Å². The van der Waals surface area contributed by atoms with E-state index in [9.17, 15) is 13.2 Å². The van der Waals surface area contributed by atoms with Crippen molar-refractivity contribution < 1.29 is 18.3 Å². The molecule has 26 heavy (non-hydrogen) atoms. The number of rotatable bonds is 9. The molecule has 0 aromatic heterocycles. The zero-order chi connectivity index (χ0) is 19.0. The number of thioether (sulfide) groups is 1. The molecule has 0 heterocycles. The molecule has 0 bridgehead atoms. The third kappa shape index (κ3) is 5.48. The Labute approximate surface area is 158 Å². The third-order valence-electron chi connectivity index (χ3n) is 3.63. The van der Waals surface area contributed by atoms with Crippen molar-refractivity contribution in [2.45, 2.75) is 16.2 Å². The number of hydrogen-bond donors (Lipinski definition) is 2. The van der Waals surface area contributed by atoms with E-state index in [1.54, 1.807) is 48.5 Å². The molecule has 0 aliphatic heterocycles. The number of nitrogens with one attached hydrogen (secondary N) is 1. The Kier molecular flexibility index (Phi) is 7.50. The van der Waals surface area contributed by atoms with Crippen molar-refractivity contribution in [1.82, 2.24) is 5.32 Å². The van der Waals surface area contributed by atoms with Crippen LogP contribution < -0.4 is 9.62 Å². The van der Waals surface area contributed by atoms with Crippen LogP contribution in [0.1, 0.15) is 6.42 Å². The Bertz CT molecular complexity index is 809. The van der Waals surface area contributed by atoms with Crippen LogP contribution in [0.2, 0.25) is 0 Å². The van der Waals surface area contributed by atoms with Gasteiger partial charge in [0.15, 0.2) is 0 Å². The average molecular weight is 395 g/mol. The number of hydrogen-bond acceptors (Lipinski definition) is 5. The highest BCUT2D eigenvalue weighted by atomic mass is 32.2. The zero-order valence-electron chi connectivity index (χ0n) is 14.5. The number of anilines is 1. The molecule has 0 radical (unpaired) electrons. The smallest absolute Gasteiger partial charge is 0.264 e. The summed E-state index contributed by atoms with van der Waals surface area (Å²) in [4.78, 5) is 12.7. The topological polar surface area (TPSA) is 86.7 Å². The number of para-hydroxylation sites is 1. The van der Waals surface area contributed by atoms with Crippen molar-refractivity contribution in [3.63, 3.8) is 0 Å². The molecule has 2 aromatic rings. The quantitative estimate of drug-likeness (QED) is 0.502. The molecule has 0 fully saturated rings. The fraction of sp³-hybridized carbons (Fsp3) is 0.278. The lowest BCUT2D eigenvalue weighted by molar-refractivity contribution is -0.118. The first-order valence-electron chi connectivity index (χ1n) is 8.09. The monoisotopic (exact) mass is 394 g/mol. The van der Waals surface area contributed by atoms with Gasteiger partial charge in [0.1, 0.15) is 0 Å². The zero-order valence-corrected chi connectivity index (χ0v) is 16.1. The van der Waals surface area contributed by atoms with Crippen molar-refractivity contribution in [3.8, 4) is 0 Å². The summed E-state index contributed by atoms with van der Waals surface area (Å²) in [5.74, 6) is 0.116. The molecule has 0 saturated carbocycles. The average Bonchev–Trinajstić information content (AvgIpc) is 2.67. The highest BCUT2D eigenvalue weighted by molar-refractivity contribution is 8.00. The molecule has 0 unspecified atom stereocenters. The van der Waals surface area contributed by atoms with Crippen molar-refractivity contribution in [2.75, 3.05) is 30.3 Å². The van der Waals surface area contributed by atoms with Gasteiger partial charge in [-0.05, 0) is 42.8 Å². The van der Waals surface area contributed by atoms with Gasteiger partial charge in [0.2, 0.25) is 5.91 Å². The molecule has 2 aromatic carbocycles. The van der Waals surface area contributed by atoms with Crippen LogP contribution >= 0.6 is 11.8 Å². The first-order valence-corrected chi connectivity index (χ1v) is 10.5. The van der Waals surface area contributed by atoms with Gasteiger partial charge in [-0.1, -0.05) is 18.2 Å². The van der Waals surface area contributed by atoms with Gasteiger partial charge < -0.3 is 10.4 Å². The summed E-state index contributed by atoms with van der Waals surface area (Å²) in [6.45, 7) is 0.486. The Morgan fingerprint density at radius 3 is 2.38 bits per heavy atom. The third-order valence-corrected chi connectivity index (χ3v) is 6.44. The van der Waals surface area contributed by atoms with Crippen LogP contribution in [0.4, 0.5) is 5.69 Å². The number of nitrogens with zero attached hydrogens (tertiary/aromatic N) is 1. The molecule has 0 saturated heterocycles. The van der Waals surface area contributed by atoms with Crippen LogP contribution in [0, 0.1) is 0 Å². The number of carbonyl (C=O) groups is 1. The van der Waals surface area contributed by atoms with Gasteiger partial charge in [0.25, 0.3) is 10.0 Å². The van der Waals surface area contributed by atoms with E-state index in [4.69, 9.17) is 5.11 Å². The molecule has 0 aliphatic carbocycles. The standard InChI is InChI=1S/C18H22N2O4S2/c1-20(15-6-3-2-4-7-15)26(23,24)17-10-8-16(9-11-17)25-14-18(22)19-12-5-13-21/h2-4,6-11,21H,5,12-14H2,1H3,(H,19,22). The molecule has 2 N–H and O–H groups in total. The van der Waals surface area contributed by atoms with Crippen LogP contribution in [0.5, 0.6) is 0 Å². The summed E-state index contributed by atoms with van der Waals surface area (Å²) in [5, 5.41) is 11.4. The summed E-state index contributed by atoms with van der Waals surface area (Å²) >= 11 is 1.33. The van der Waals surface area contributed by atoms with E-state index in [0.717, 1.165) is 4.90 Å². The molecule has 0 spiro atoms. The fourth-order valence-corrected chi connectivity index (χ4v) is 4.07. The minimum Gasteiger partial charge on any atom is -0.396 e. The predicted octanol–water partition coefficient (Wildman–Crippen LogP) is 2.10. The van der Waals surface area contributed by atoms with Crippen LogP contribution in [0.15, 0.2) is 64.4 Å². The van der Waals surface area contributed by atoms with E-state index in [0.29, 0.717) is 18.7 Å². The number of aliphatic hydroxyl groups is 1. The summed E-state index contributed by atoms with van der Waals surface area (Å²) in [6, 6.07) is 15.3. The van der Waals surface area contributed by atoms with E-state index in [1.165, 1.54) is 23.1 Å². The van der Waals surface area contributed by atoms with Crippen molar-refractivity contribution >= 4 is 33.4 Å². The molecule has 0 atom stereocenters. The van der Waals surface area contributed by atoms with Crippen molar-refractivity contribution in [1.29, 1.82) is 0 Å². The second-order valence-corrected chi connectivity index (χ2v) is 8.51. The summed E-state index contributed by atoms with van der Waals surface area (Å²) < 4.78 is 26.6. The van der Waals surface area contributed by atoms with Gasteiger partial charge >= 0.3 is 0 Å². The minimum atomic E-state index is -3.63. The van der Waals surface area contributed by atoms with E-state index in [-0.39, 0.29) is 23.2 Å². The second kappa shape index (κ2) is 9.61. The van der Waals surface area contributed by atoms with E-state index in [2.05, 4.69) is 5.32 Å². The molecule has 140 valence electrons. The molecule has 6 nitrogen and oxygen atoms in total. The summed E-state index contributed by atoms with van der Waals surface area (Å²) in [7, 11) is -2.12. The van der Waals surface area contributed by atoms with E-state index in [1.807, 2.05) is 6.07 Å². The highest BCUT2D eigenvalue weighted by Gasteiger charge is 2.21. The van der Waals surface area contributed by atoms with Crippen LogP contribution in [0.25, 0.3) is 0 Å². The normalized spacial score (nSPS) is 11.2. The molecule has 8 heteroatoms. The molecule has 2 rings (SSSR count). The Balaban J connectivity index is 1.99. The first-order chi connectivity index (χ1) is 12.4. The summed E-state index contributed by atoms with van der Waals surface area (Å²) in [5.41, 5.74) is 0.588. The van der Waals surface area contributed by atoms with Crippen molar-refractivity contribution in [2.24, 2.45) is 0 Å². The second-order valence-electron chi connectivity index (χ2n) is 5.50. The predicted molar refractivity (Wildman–Crippen MR) is 104 cm³/mol.